The van der Waals surface area contributed by atoms with Gasteiger partial charge in [-0.15, -0.1) is 5.10 Å². The van der Waals surface area contributed by atoms with Gasteiger partial charge in [0.15, 0.2) is 0 Å². The third-order valence-electron chi connectivity index (χ3n) is 5.93. The predicted octanol–water partition coefficient (Wildman–Crippen LogP) is 6.41. The summed E-state index contributed by atoms with van der Waals surface area (Å²) >= 11 is 0. The molecular weight excluding hydrogens is 437 g/mol. The first kappa shape index (κ1) is 20.9. The van der Waals surface area contributed by atoms with Crippen molar-refractivity contribution in [1.82, 2.24) is 25.0 Å². The smallest absolute Gasteiger partial charge is 0.123 e. The molecule has 4 aromatic carbocycles. The molecule has 0 saturated carbocycles. The van der Waals surface area contributed by atoms with E-state index < -0.39 is 0 Å². The summed E-state index contributed by atoms with van der Waals surface area (Å²) < 4.78 is 15.3. The molecule has 0 atom stereocenters. The molecule has 5 nitrogen and oxygen atoms in total. The Bertz CT molecular complexity index is 1630. The molecule has 0 radical (unpaired) electrons. The Balaban J connectivity index is 1.51. The molecule has 168 valence electrons. The van der Waals surface area contributed by atoms with Crippen LogP contribution in [-0.4, -0.2) is 25.0 Å². The van der Waals surface area contributed by atoms with Crippen LogP contribution in [0, 0.1) is 5.82 Å². The summed E-state index contributed by atoms with van der Waals surface area (Å²) in [5, 5.41) is 9.12. The molecule has 0 aliphatic rings. The second-order valence-corrected chi connectivity index (χ2v) is 8.23. The van der Waals surface area contributed by atoms with Crippen molar-refractivity contribution in [1.29, 1.82) is 0 Å². The van der Waals surface area contributed by atoms with E-state index in [0.29, 0.717) is 6.54 Å². The molecule has 35 heavy (non-hydrogen) atoms. The van der Waals surface area contributed by atoms with Gasteiger partial charge in [0.05, 0.1) is 35.2 Å². The van der Waals surface area contributed by atoms with E-state index in [2.05, 4.69) is 15.3 Å². The van der Waals surface area contributed by atoms with Gasteiger partial charge >= 0.3 is 0 Å². The van der Waals surface area contributed by atoms with Gasteiger partial charge < -0.3 is 0 Å². The van der Waals surface area contributed by atoms with Gasteiger partial charge in [0, 0.05) is 16.7 Å². The van der Waals surface area contributed by atoms with Crippen LogP contribution in [0.25, 0.3) is 44.8 Å². The molecule has 6 rings (SSSR count). The van der Waals surface area contributed by atoms with Crippen molar-refractivity contribution in [2.45, 2.75) is 6.54 Å². The zero-order valence-corrected chi connectivity index (χ0v) is 18.7. The Morgan fingerprint density at radius 2 is 1.37 bits per heavy atom. The minimum absolute atomic E-state index is 0.262. The molecule has 0 fully saturated rings. The zero-order valence-electron chi connectivity index (χ0n) is 18.7. The van der Waals surface area contributed by atoms with E-state index in [0.717, 1.165) is 50.4 Å². The molecule has 6 aromatic rings. The van der Waals surface area contributed by atoms with Crippen LogP contribution in [0.3, 0.4) is 0 Å². The highest BCUT2D eigenvalue weighted by atomic mass is 19.1. The van der Waals surface area contributed by atoms with Gasteiger partial charge in [-0.1, -0.05) is 84.1 Å². The van der Waals surface area contributed by atoms with Crippen LogP contribution in [0.2, 0.25) is 0 Å². The highest BCUT2D eigenvalue weighted by Crippen LogP contribution is 2.36. The van der Waals surface area contributed by atoms with Gasteiger partial charge in [-0.25, -0.2) is 14.1 Å². The summed E-state index contributed by atoms with van der Waals surface area (Å²) in [6, 6.07) is 32.4. The number of fused-ring (bicyclic) bond motifs is 1. The molecule has 0 spiro atoms. The Morgan fingerprint density at radius 1 is 0.686 bits per heavy atom. The SMILES string of the molecule is Fc1ccc(Cn2nnc(-c3ccccc3-c3cnc4ccccc4n3)c2-c2ccccc2)cc1. The number of hydrogen-bond acceptors (Lipinski definition) is 4. The number of hydrogen-bond donors (Lipinski definition) is 0. The van der Waals surface area contributed by atoms with Crippen LogP contribution in [0.5, 0.6) is 0 Å². The summed E-state index contributed by atoms with van der Waals surface area (Å²) in [5.74, 6) is -0.262. The Kier molecular flexibility index (Phi) is 5.31. The molecule has 0 aliphatic heterocycles. The van der Waals surface area contributed by atoms with Crippen molar-refractivity contribution >= 4 is 11.0 Å². The van der Waals surface area contributed by atoms with E-state index in [1.807, 2.05) is 83.5 Å². The van der Waals surface area contributed by atoms with E-state index >= 15 is 0 Å². The maximum absolute atomic E-state index is 13.5. The summed E-state index contributed by atoms with van der Waals surface area (Å²) in [6.45, 7) is 0.468. The van der Waals surface area contributed by atoms with Gasteiger partial charge in [0.1, 0.15) is 11.5 Å². The average Bonchev–Trinajstić information content (AvgIpc) is 3.33. The number of rotatable bonds is 5. The number of aromatic nitrogens is 5. The van der Waals surface area contributed by atoms with Crippen LogP contribution in [0.1, 0.15) is 5.56 Å². The molecule has 0 aliphatic carbocycles. The maximum Gasteiger partial charge on any atom is 0.123 e. The van der Waals surface area contributed by atoms with Gasteiger partial charge in [0.25, 0.3) is 0 Å². The molecule has 0 unspecified atom stereocenters. The van der Waals surface area contributed by atoms with E-state index in [1.165, 1.54) is 12.1 Å². The molecule has 0 amide bonds. The van der Waals surface area contributed by atoms with Crippen molar-refractivity contribution in [2.75, 3.05) is 0 Å². The number of halogens is 1. The molecule has 0 N–H and O–H groups in total. The van der Waals surface area contributed by atoms with Gasteiger partial charge in [-0.05, 0) is 29.8 Å². The van der Waals surface area contributed by atoms with Crippen LogP contribution in [-0.2, 0) is 6.54 Å². The highest BCUT2D eigenvalue weighted by molar-refractivity contribution is 5.88. The molecule has 0 saturated heterocycles. The first-order chi connectivity index (χ1) is 17.3. The van der Waals surface area contributed by atoms with E-state index in [-0.39, 0.29) is 5.82 Å². The fraction of sp³-hybridized carbons (Fsp3) is 0.0345. The fourth-order valence-corrected chi connectivity index (χ4v) is 4.25. The van der Waals surface area contributed by atoms with Crippen LogP contribution in [0.4, 0.5) is 4.39 Å². The molecule has 0 bridgehead atoms. The minimum atomic E-state index is -0.262. The van der Waals surface area contributed by atoms with E-state index in [1.54, 1.807) is 18.3 Å². The quantitative estimate of drug-likeness (QED) is 0.300. The third kappa shape index (κ3) is 4.06. The van der Waals surface area contributed by atoms with Crippen molar-refractivity contribution < 1.29 is 4.39 Å². The van der Waals surface area contributed by atoms with E-state index in [4.69, 9.17) is 4.98 Å². The monoisotopic (exact) mass is 457 g/mol. The Labute approximate surface area is 201 Å². The van der Waals surface area contributed by atoms with Gasteiger partial charge in [-0.2, -0.15) is 0 Å². The van der Waals surface area contributed by atoms with E-state index in [9.17, 15) is 4.39 Å². The third-order valence-corrected chi connectivity index (χ3v) is 5.93. The van der Waals surface area contributed by atoms with Crippen molar-refractivity contribution in [3.8, 4) is 33.8 Å². The second kappa shape index (κ2) is 8.91. The molecule has 2 aromatic heterocycles. The summed E-state index contributed by atoms with van der Waals surface area (Å²) in [6.07, 6.45) is 1.80. The number of benzene rings is 4. The summed E-state index contributed by atoms with van der Waals surface area (Å²) in [7, 11) is 0. The lowest BCUT2D eigenvalue weighted by Gasteiger charge is -2.12. The van der Waals surface area contributed by atoms with Gasteiger partial charge in [0.2, 0.25) is 0 Å². The Hall–Kier alpha value is -4.71. The number of para-hydroxylation sites is 2. The molecule has 6 heteroatoms. The molecule has 2 heterocycles. The van der Waals surface area contributed by atoms with Crippen molar-refractivity contribution in [3.63, 3.8) is 0 Å². The van der Waals surface area contributed by atoms with Crippen LogP contribution in [0.15, 0.2) is 109 Å². The van der Waals surface area contributed by atoms with Gasteiger partial charge in [-0.3, -0.25) is 4.98 Å². The normalized spacial score (nSPS) is 11.1. The predicted molar refractivity (Wildman–Crippen MR) is 135 cm³/mol. The lowest BCUT2D eigenvalue weighted by Crippen LogP contribution is -2.04. The lowest BCUT2D eigenvalue weighted by atomic mass is 9.98. The van der Waals surface area contributed by atoms with Crippen LogP contribution < -0.4 is 0 Å². The van der Waals surface area contributed by atoms with Crippen molar-refractivity contribution in [3.05, 3.63) is 121 Å². The summed E-state index contributed by atoms with van der Waals surface area (Å²) in [5.41, 5.74) is 7.87. The topological polar surface area (TPSA) is 56.5 Å². The first-order valence-electron chi connectivity index (χ1n) is 11.3. The number of nitrogens with zero attached hydrogens (tertiary/aromatic N) is 5. The largest absolute Gasteiger partial charge is 0.252 e. The average molecular weight is 458 g/mol. The lowest BCUT2D eigenvalue weighted by molar-refractivity contribution is 0.622. The highest BCUT2D eigenvalue weighted by Gasteiger charge is 2.20. The molecular formula is C29H20FN5. The van der Waals surface area contributed by atoms with Crippen LogP contribution >= 0.6 is 0 Å². The fourth-order valence-electron chi connectivity index (χ4n) is 4.25. The van der Waals surface area contributed by atoms with Crippen molar-refractivity contribution in [2.24, 2.45) is 0 Å². The first-order valence-corrected chi connectivity index (χ1v) is 11.3. The minimum Gasteiger partial charge on any atom is -0.252 e. The second-order valence-electron chi connectivity index (χ2n) is 8.23. The Morgan fingerprint density at radius 3 is 2.17 bits per heavy atom. The summed E-state index contributed by atoms with van der Waals surface area (Å²) in [4.78, 5) is 9.47. The zero-order chi connectivity index (χ0) is 23.6. The standard InChI is InChI=1S/C29H20FN5/c30-22-16-14-20(15-17-22)19-35-29(21-8-2-1-3-9-21)28(33-34-35)24-11-5-4-10-23(24)27-18-31-25-12-6-7-13-26(25)32-27/h1-18H,19H2. The maximum atomic E-state index is 13.5.